The minimum Gasteiger partial charge on any atom is -0.469 e. The molecule has 0 aliphatic rings. The van der Waals surface area contributed by atoms with Crippen LogP contribution in [0.25, 0.3) is 0 Å². The second-order valence-corrected chi connectivity index (χ2v) is 2.39. The van der Waals surface area contributed by atoms with Crippen molar-refractivity contribution in [1.82, 2.24) is 0 Å². The molecule has 0 amide bonds. The highest BCUT2D eigenvalue weighted by molar-refractivity contribution is 5.68. The van der Waals surface area contributed by atoms with Crippen LogP contribution in [0.2, 0.25) is 0 Å². The van der Waals surface area contributed by atoms with Crippen LogP contribution in [0.4, 0.5) is 0 Å². The maximum atomic E-state index is 10.6. The Balaban J connectivity index is 3.08. The van der Waals surface area contributed by atoms with E-state index >= 15 is 0 Å². The summed E-state index contributed by atoms with van der Waals surface area (Å²) in [7, 11) is 1.42. The molecule has 11 heavy (non-hydrogen) atoms. The van der Waals surface area contributed by atoms with E-state index < -0.39 is 0 Å². The summed E-state index contributed by atoms with van der Waals surface area (Å²) in [5.74, 6) is -0.106. The van der Waals surface area contributed by atoms with Crippen LogP contribution in [-0.4, -0.2) is 13.1 Å². The monoisotopic (exact) mass is 156 g/mol. The fraction of sp³-hybridized carbons (Fsp3) is 0.667. The molecule has 0 saturated heterocycles. The average Bonchev–Trinajstić information content (AvgIpc) is 2.04. The Bertz CT molecular complexity index is 128. The topological polar surface area (TPSA) is 26.3 Å². The highest BCUT2D eigenvalue weighted by Gasteiger charge is 1.97. The third kappa shape index (κ3) is 7.10. The molecule has 0 radical (unpaired) electrons. The number of rotatable bonds is 5. The van der Waals surface area contributed by atoms with Crippen molar-refractivity contribution in [3.63, 3.8) is 0 Å². The van der Waals surface area contributed by atoms with Gasteiger partial charge in [-0.1, -0.05) is 12.2 Å². The largest absolute Gasteiger partial charge is 0.469 e. The number of esters is 1. The van der Waals surface area contributed by atoms with E-state index in [-0.39, 0.29) is 5.97 Å². The zero-order valence-corrected chi connectivity index (χ0v) is 7.30. The third-order valence-corrected chi connectivity index (χ3v) is 1.47. The van der Waals surface area contributed by atoms with Crippen molar-refractivity contribution in [2.45, 2.75) is 32.6 Å². The lowest BCUT2D eigenvalue weighted by molar-refractivity contribution is -0.140. The van der Waals surface area contributed by atoms with E-state index in [9.17, 15) is 4.79 Å². The summed E-state index contributed by atoms with van der Waals surface area (Å²) in [5, 5.41) is 0. The van der Waals surface area contributed by atoms with Crippen LogP contribution in [-0.2, 0) is 9.53 Å². The zero-order chi connectivity index (χ0) is 8.53. The first-order chi connectivity index (χ1) is 5.31. The van der Waals surface area contributed by atoms with Gasteiger partial charge in [0.15, 0.2) is 0 Å². The smallest absolute Gasteiger partial charge is 0.305 e. The SMILES string of the molecule is CC=CCCCCC(=O)OC. The quantitative estimate of drug-likeness (QED) is 0.347. The maximum absolute atomic E-state index is 10.6. The molecule has 0 unspecified atom stereocenters. The molecule has 0 N–H and O–H groups in total. The van der Waals surface area contributed by atoms with Gasteiger partial charge in [0.05, 0.1) is 7.11 Å². The summed E-state index contributed by atoms with van der Waals surface area (Å²) in [5.41, 5.74) is 0. The molecule has 2 nitrogen and oxygen atoms in total. The standard InChI is InChI=1S/C9H16O2/c1-3-4-5-6-7-8-9(10)11-2/h3-4H,5-8H2,1-2H3. The second-order valence-electron chi connectivity index (χ2n) is 2.39. The number of carbonyl (C=O) groups excluding carboxylic acids is 1. The van der Waals surface area contributed by atoms with Gasteiger partial charge in [0.25, 0.3) is 0 Å². The third-order valence-electron chi connectivity index (χ3n) is 1.47. The van der Waals surface area contributed by atoms with Crippen molar-refractivity contribution in [1.29, 1.82) is 0 Å². The number of ether oxygens (including phenoxy) is 1. The van der Waals surface area contributed by atoms with Crippen LogP contribution in [0, 0.1) is 0 Å². The fourth-order valence-electron chi connectivity index (χ4n) is 0.800. The number of methoxy groups -OCH3 is 1. The van der Waals surface area contributed by atoms with Gasteiger partial charge in [-0.05, 0) is 26.2 Å². The molecule has 0 aromatic carbocycles. The predicted molar refractivity (Wildman–Crippen MR) is 45.3 cm³/mol. The first-order valence-electron chi connectivity index (χ1n) is 3.99. The maximum Gasteiger partial charge on any atom is 0.305 e. The summed E-state index contributed by atoms with van der Waals surface area (Å²) in [4.78, 5) is 10.6. The van der Waals surface area contributed by atoms with Crippen molar-refractivity contribution in [2.75, 3.05) is 7.11 Å². The molecule has 0 atom stereocenters. The molecule has 0 aliphatic carbocycles. The van der Waals surface area contributed by atoms with Crippen LogP contribution in [0.3, 0.4) is 0 Å². The molecule has 0 aliphatic heterocycles. The van der Waals surface area contributed by atoms with E-state index in [1.165, 1.54) is 7.11 Å². The lowest BCUT2D eigenvalue weighted by atomic mass is 10.2. The van der Waals surface area contributed by atoms with Gasteiger partial charge in [-0.15, -0.1) is 0 Å². The molecule has 0 aromatic rings. The van der Waals surface area contributed by atoms with Crippen molar-refractivity contribution in [2.24, 2.45) is 0 Å². The van der Waals surface area contributed by atoms with Crippen LogP contribution in [0.1, 0.15) is 32.6 Å². The van der Waals surface area contributed by atoms with Gasteiger partial charge < -0.3 is 4.74 Å². The number of hydrogen-bond donors (Lipinski definition) is 0. The lowest BCUT2D eigenvalue weighted by Gasteiger charge is -1.96. The normalized spacial score (nSPS) is 10.4. The average molecular weight is 156 g/mol. The molecule has 0 saturated carbocycles. The first kappa shape index (κ1) is 10.2. The van der Waals surface area contributed by atoms with Crippen molar-refractivity contribution in [3.05, 3.63) is 12.2 Å². The van der Waals surface area contributed by atoms with Crippen molar-refractivity contribution in [3.8, 4) is 0 Å². The van der Waals surface area contributed by atoms with Crippen LogP contribution in [0.5, 0.6) is 0 Å². The molecule has 64 valence electrons. The Labute approximate surface area is 68.2 Å². The molecule has 0 fully saturated rings. The van der Waals surface area contributed by atoms with Gasteiger partial charge in [-0.25, -0.2) is 0 Å². The molecular weight excluding hydrogens is 140 g/mol. The predicted octanol–water partition coefficient (Wildman–Crippen LogP) is 2.30. The highest BCUT2D eigenvalue weighted by Crippen LogP contribution is 2.01. The minimum atomic E-state index is -0.106. The summed E-state index contributed by atoms with van der Waals surface area (Å²) in [6.07, 6.45) is 7.74. The van der Waals surface area contributed by atoms with Crippen LogP contribution < -0.4 is 0 Å². The van der Waals surface area contributed by atoms with Gasteiger partial charge in [0.1, 0.15) is 0 Å². The minimum absolute atomic E-state index is 0.106. The lowest BCUT2D eigenvalue weighted by Crippen LogP contribution is -1.98. The molecule has 0 spiro atoms. The van der Waals surface area contributed by atoms with E-state index in [0.29, 0.717) is 6.42 Å². The van der Waals surface area contributed by atoms with E-state index in [4.69, 9.17) is 0 Å². The van der Waals surface area contributed by atoms with E-state index in [0.717, 1.165) is 19.3 Å². The fourth-order valence-corrected chi connectivity index (χ4v) is 0.800. The summed E-state index contributed by atoms with van der Waals surface area (Å²) in [6, 6.07) is 0. The van der Waals surface area contributed by atoms with Gasteiger partial charge in [0.2, 0.25) is 0 Å². The zero-order valence-electron chi connectivity index (χ0n) is 7.30. The Morgan fingerprint density at radius 1 is 1.45 bits per heavy atom. The molecule has 2 heteroatoms. The van der Waals surface area contributed by atoms with Gasteiger partial charge >= 0.3 is 5.97 Å². The molecule has 0 rings (SSSR count). The van der Waals surface area contributed by atoms with Crippen LogP contribution in [0.15, 0.2) is 12.2 Å². The van der Waals surface area contributed by atoms with Gasteiger partial charge in [0, 0.05) is 6.42 Å². The summed E-state index contributed by atoms with van der Waals surface area (Å²) >= 11 is 0. The Hall–Kier alpha value is -0.790. The Kier molecular flexibility index (Phi) is 6.79. The number of hydrogen-bond acceptors (Lipinski definition) is 2. The van der Waals surface area contributed by atoms with Crippen molar-refractivity contribution < 1.29 is 9.53 Å². The van der Waals surface area contributed by atoms with E-state index in [1.54, 1.807) is 0 Å². The molecule has 0 bridgehead atoms. The van der Waals surface area contributed by atoms with E-state index in [1.807, 2.05) is 13.0 Å². The number of allylic oxidation sites excluding steroid dienone is 2. The Morgan fingerprint density at radius 2 is 2.18 bits per heavy atom. The summed E-state index contributed by atoms with van der Waals surface area (Å²) < 4.78 is 4.50. The summed E-state index contributed by atoms with van der Waals surface area (Å²) in [6.45, 7) is 2.00. The second kappa shape index (κ2) is 7.32. The number of unbranched alkanes of at least 4 members (excludes halogenated alkanes) is 2. The van der Waals surface area contributed by atoms with Gasteiger partial charge in [-0.2, -0.15) is 0 Å². The first-order valence-corrected chi connectivity index (χ1v) is 3.99. The highest BCUT2D eigenvalue weighted by atomic mass is 16.5. The Morgan fingerprint density at radius 3 is 2.73 bits per heavy atom. The molecule has 0 aromatic heterocycles. The van der Waals surface area contributed by atoms with E-state index in [2.05, 4.69) is 10.8 Å². The van der Waals surface area contributed by atoms with Crippen LogP contribution >= 0.6 is 0 Å². The molecule has 0 heterocycles. The van der Waals surface area contributed by atoms with Gasteiger partial charge in [-0.3, -0.25) is 4.79 Å². The number of carbonyl (C=O) groups is 1. The molecular formula is C9H16O2. The van der Waals surface area contributed by atoms with Crippen molar-refractivity contribution >= 4 is 5.97 Å².